The maximum Gasteiger partial charge on any atom is 0.268 e. The highest BCUT2D eigenvalue weighted by molar-refractivity contribution is 6.02. The molecule has 6 N–H and O–H groups in total. The fraction of sp³-hybridized carbons (Fsp3) is 0.259. The van der Waals surface area contributed by atoms with Crippen molar-refractivity contribution in [2.45, 2.75) is 44.3 Å². The molecule has 5 rings (SSSR count). The summed E-state index contributed by atoms with van der Waals surface area (Å²) in [4.78, 5) is 13.4. The minimum atomic E-state index is -0.0729. The normalized spacial score (nSPS) is 18.5. The molecule has 1 fully saturated rings. The summed E-state index contributed by atoms with van der Waals surface area (Å²) in [5, 5.41) is 14.4. The summed E-state index contributed by atoms with van der Waals surface area (Å²) >= 11 is 0. The van der Waals surface area contributed by atoms with E-state index in [1.165, 1.54) is 5.39 Å². The van der Waals surface area contributed by atoms with Crippen LogP contribution in [0.15, 0.2) is 66.7 Å². The van der Waals surface area contributed by atoms with Crippen LogP contribution in [0.3, 0.4) is 0 Å². The highest BCUT2D eigenvalue weighted by Crippen LogP contribution is 2.26. The van der Waals surface area contributed by atoms with Gasteiger partial charge in [0.15, 0.2) is 0 Å². The summed E-state index contributed by atoms with van der Waals surface area (Å²) in [6, 6.07) is 22.5. The Hall–Kier alpha value is -3.64. The number of aromatic nitrogens is 1. The largest absolute Gasteiger partial charge is 0.384 e. The average molecular weight is 440 g/mol. The predicted molar refractivity (Wildman–Crippen MR) is 134 cm³/mol. The second-order valence-electron chi connectivity index (χ2n) is 9.03. The molecule has 0 atom stereocenters. The van der Waals surface area contributed by atoms with Gasteiger partial charge in [0.2, 0.25) is 0 Å². The number of benzene rings is 3. The lowest BCUT2D eigenvalue weighted by molar-refractivity contribution is 0.0917. The first kappa shape index (κ1) is 21.2. The highest BCUT2D eigenvalue weighted by atomic mass is 16.2. The van der Waals surface area contributed by atoms with Gasteiger partial charge in [0, 0.05) is 35.1 Å². The third kappa shape index (κ3) is 4.22. The molecule has 1 aromatic heterocycles. The van der Waals surface area contributed by atoms with Crippen molar-refractivity contribution in [1.29, 1.82) is 5.41 Å². The van der Waals surface area contributed by atoms with E-state index in [1.54, 1.807) is 0 Å². The second kappa shape index (κ2) is 8.71. The van der Waals surface area contributed by atoms with E-state index in [9.17, 15) is 4.79 Å². The zero-order chi connectivity index (χ0) is 22.9. The van der Waals surface area contributed by atoms with Crippen LogP contribution < -0.4 is 16.8 Å². The zero-order valence-electron chi connectivity index (χ0n) is 18.6. The fourth-order valence-corrected chi connectivity index (χ4v) is 4.90. The molecule has 0 unspecified atom stereocenters. The number of carbonyl (C=O) groups is 1. The van der Waals surface area contributed by atoms with E-state index in [2.05, 4.69) is 35.6 Å². The first-order valence-corrected chi connectivity index (χ1v) is 11.5. The zero-order valence-corrected chi connectivity index (χ0v) is 18.6. The van der Waals surface area contributed by atoms with Crippen molar-refractivity contribution in [3.8, 4) is 0 Å². The molecular formula is C27H29N5O. The Morgan fingerprint density at radius 1 is 0.970 bits per heavy atom. The van der Waals surface area contributed by atoms with E-state index in [1.807, 2.05) is 41.0 Å². The van der Waals surface area contributed by atoms with Gasteiger partial charge in [0.25, 0.3) is 5.91 Å². The van der Waals surface area contributed by atoms with Gasteiger partial charge in [0.05, 0.1) is 0 Å². The third-order valence-corrected chi connectivity index (χ3v) is 6.76. The van der Waals surface area contributed by atoms with Gasteiger partial charge in [-0.25, -0.2) is 0 Å². The number of rotatable bonds is 5. The second-order valence-corrected chi connectivity index (χ2v) is 9.03. The molecule has 0 saturated heterocycles. The number of amidine groups is 1. The van der Waals surface area contributed by atoms with E-state index in [0.29, 0.717) is 17.8 Å². The lowest BCUT2D eigenvalue weighted by atomic mass is 9.92. The van der Waals surface area contributed by atoms with E-state index in [4.69, 9.17) is 16.9 Å². The van der Waals surface area contributed by atoms with Gasteiger partial charge in [-0.2, -0.15) is 0 Å². The number of amides is 1. The van der Waals surface area contributed by atoms with Crippen LogP contribution in [0.2, 0.25) is 0 Å². The van der Waals surface area contributed by atoms with Crippen LogP contribution in [0.5, 0.6) is 0 Å². The number of nitrogens with one attached hydrogen (secondary N) is 2. The van der Waals surface area contributed by atoms with E-state index >= 15 is 0 Å². The van der Waals surface area contributed by atoms with Crippen molar-refractivity contribution >= 4 is 33.4 Å². The molecule has 6 heteroatoms. The Labute approximate surface area is 193 Å². The summed E-state index contributed by atoms with van der Waals surface area (Å²) in [5.41, 5.74) is 15.1. The topological polar surface area (TPSA) is 110 Å². The van der Waals surface area contributed by atoms with Crippen molar-refractivity contribution in [3.63, 3.8) is 0 Å². The first-order chi connectivity index (χ1) is 16.0. The molecule has 0 aliphatic heterocycles. The lowest BCUT2D eigenvalue weighted by Crippen LogP contribution is -2.41. The molecule has 0 bridgehead atoms. The highest BCUT2D eigenvalue weighted by Gasteiger charge is 2.23. The smallest absolute Gasteiger partial charge is 0.268 e. The summed E-state index contributed by atoms with van der Waals surface area (Å²) in [5.74, 6) is -0.0596. The first-order valence-electron chi connectivity index (χ1n) is 11.5. The summed E-state index contributed by atoms with van der Waals surface area (Å²) < 4.78 is 2.05. The molecule has 168 valence electrons. The number of hydrogen-bond donors (Lipinski definition) is 4. The van der Waals surface area contributed by atoms with Crippen LogP contribution in [-0.4, -0.2) is 28.4 Å². The molecule has 1 amide bonds. The van der Waals surface area contributed by atoms with Crippen molar-refractivity contribution in [2.75, 3.05) is 0 Å². The number of fused-ring (bicyclic) bond motifs is 2. The van der Waals surface area contributed by atoms with Gasteiger partial charge in [-0.05, 0) is 54.2 Å². The number of carbonyl (C=O) groups excluding carboxylic acids is 1. The lowest BCUT2D eigenvalue weighted by Gasteiger charge is -2.27. The van der Waals surface area contributed by atoms with Gasteiger partial charge < -0.3 is 21.4 Å². The Balaban J connectivity index is 1.57. The molecule has 1 aliphatic rings. The van der Waals surface area contributed by atoms with E-state index in [-0.39, 0.29) is 23.8 Å². The van der Waals surface area contributed by atoms with Crippen molar-refractivity contribution in [1.82, 2.24) is 9.88 Å². The number of nitrogen functional groups attached to an aromatic ring is 1. The summed E-state index contributed by atoms with van der Waals surface area (Å²) in [6.45, 7) is 0.546. The molecule has 4 aromatic rings. The molecule has 0 spiro atoms. The molecule has 1 heterocycles. The van der Waals surface area contributed by atoms with Crippen LogP contribution in [0.25, 0.3) is 21.7 Å². The maximum absolute atomic E-state index is 13.4. The minimum Gasteiger partial charge on any atom is -0.384 e. The maximum atomic E-state index is 13.4. The number of hydrogen-bond acceptors (Lipinski definition) is 3. The Morgan fingerprint density at radius 3 is 2.52 bits per heavy atom. The third-order valence-electron chi connectivity index (χ3n) is 6.76. The molecule has 0 radical (unpaired) electrons. The van der Waals surface area contributed by atoms with Crippen molar-refractivity contribution in [2.24, 2.45) is 11.5 Å². The quantitative estimate of drug-likeness (QED) is 0.277. The molecular weight excluding hydrogens is 410 g/mol. The fourth-order valence-electron chi connectivity index (χ4n) is 4.90. The van der Waals surface area contributed by atoms with Gasteiger partial charge in [-0.15, -0.1) is 0 Å². The van der Waals surface area contributed by atoms with E-state index < -0.39 is 0 Å². The van der Waals surface area contributed by atoms with Crippen molar-refractivity contribution < 1.29 is 4.79 Å². The minimum absolute atomic E-state index is 0.0133. The van der Waals surface area contributed by atoms with Crippen LogP contribution in [0.4, 0.5) is 0 Å². The molecule has 6 nitrogen and oxygen atoms in total. The number of nitrogens with zero attached hydrogens (tertiary/aromatic N) is 1. The van der Waals surface area contributed by atoms with E-state index in [0.717, 1.165) is 47.5 Å². The number of nitrogens with two attached hydrogens (primary N) is 2. The van der Waals surface area contributed by atoms with Gasteiger partial charge >= 0.3 is 0 Å². The molecule has 33 heavy (non-hydrogen) atoms. The summed E-state index contributed by atoms with van der Waals surface area (Å²) in [6.07, 6.45) is 3.69. The average Bonchev–Trinajstić information content (AvgIpc) is 3.18. The molecule has 1 saturated carbocycles. The van der Waals surface area contributed by atoms with Gasteiger partial charge in [-0.1, -0.05) is 54.6 Å². The van der Waals surface area contributed by atoms with Crippen LogP contribution in [0.1, 0.15) is 47.3 Å². The molecule has 1 aliphatic carbocycles. The van der Waals surface area contributed by atoms with Gasteiger partial charge in [0.1, 0.15) is 11.5 Å². The van der Waals surface area contributed by atoms with Crippen LogP contribution in [0, 0.1) is 5.41 Å². The van der Waals surface area contributed by atoms with Crippen LogP contribution >= 0.6 is 0 Å². The standard InChI is InChI=1S/C27H29N5O/c28-21-10-12-22(13-11-21)31-27(33)25-14-18-8-9-19(26(29)30)15-24(18)32(25)16-20-6-3-5-17-4-1-2-7-23(17)20/h1-9,14-15,21-22H,10-13,16,28H2,(H3,29,30)(H,31,33)/t21-,22+. The SMILES string of the molecule is N=C(N)c1ccc2cc(C(=O)N[C@H]3CC[C@@H](N)CC3)n(Cc3cccc4ccccc34)c2c1. The Bertz CT molecular complexity index is 1340. The van der Waals surface area contributed by atoms with Gasteiger partial charge in [-0.3, -0.25) is 10.2 Å². The Morgan fingerprint density at radius 2 is 1.73 bits per heavy atom. The monoisotopic (exact) mass is 439 g/mol. The van der Waals surface area contributed by atoms with Crippen LogP contribution in [-0.2, 0) is 6.54 Å². The Kier molecular flexibility index (Phi) is 5.60. The predicted octanol–water partition coefficient (Wildman–Crippen LogP) is 4.13. The van der Waals surface area contributed by atoms with Crippen molar-refractivity contribution in [3.05, 3.63) is 83.6 Å². The molecule has 3 aromatic carbocycles. The summed E-state index contributed by atoms with van der Waals surface area (Å²) in [7, 11) is 0.